The van der Waals surface area contributed by atoms with Crippen LogP contribution in [-0.2, 0) is 6.42 Å². The van der Waals surface area contributed by atoms with Gasteiger partial charge in [0.25, 0.3) is 0 Å². The van der Waals surface area contributed by atoms with E-state index in [1.807, 2.05) is 31.2 Å². The van der Waals surface area contributed by atoms with Crippen molar-refractivity contribution in [3.05, 3.63) is 39.9 Å². The van der Waals surface area contributed by atoms with Gasteiger partial charge >= 0.3 is 0 Å². The fraction of sp³-hybridized carbons (Fsp3) is 0.308. The van der Waals surface area contributed by atoms with Crippen molar-refractivity contribution < 1.29 is 5.11 Å². The highest BCUT2D eigenvalue weighted by atomic mass is 35.5. The lowest BCUT2D eigenvalue weighted by Crippen LogP contribution is -1.88. The molecule has 2 rings (SSSR count). The first-order valence-corrected chi connectivity index (χ1v) is 6.73. The van der Waals surface area contributed by atoms with Crippen LogP contribution in [0.25, 0.3) is 10.6 Å². The molecule has 0 aliphatic carbocycles. The SMILES string of the molecule is Cc1nc(-c2ccc(Cl)cc2)sc1CCCO. The number of thiazole rings is 1. The molecule has 2 nitrogen and oxygen atoms in total. The third-order valence-electron chi connectivity index (χ3n) is 2.55. The van der Waals surface area contributed by atoms with Crippen molar-refractivity contribution >= 4 is 22.9 Å². The zero-order chi connectivity index (χ0) is 12.3. The topological polar surface area (TPSA) is 33.1 Å². The fourth-order valence-electron chi connectivity index (χ4n) is 1.62. The van der Waals surface area contributed by atoms with Crippen molar-refractivity contribution in [2.24, 2.45) is 0 Å². The van der Waals surface area contributed by atoms with Crippen LogP contribution in [0.2, 0.25) is 5.02 Å². The Bertz CT molecular complexity index is 493. The minimum Gasteiger partial charge on any atom is -0.396 e. The molecule has 1 aromatic heterocycles. The molecule has 0 amide bonds. The fourth-order valence-corrected chi connectivity index (χ4v) is 2.85. The molecule has 17 heavy (non-hydrogen) atoms. The standard InChI is InChI=1S/C13H14ClNOS/c1-9-12(3-2-8-16)17-13(15-9)10-4-6-11(14)7-5-10/h4-7,16H,2-3,8H2,1H3. The highest BCUT2D eigenvalue weighted by Crippen LogP contribution is 2.29. The Morgan fingerprint density at radius 3 is 2.65 bits per heavy atom. The average molecular weight is 268 g/mol. The summed E-state index contributed by atoms with van der Waals surface area (Å²) in [5.41, 5.74) is 2.16. The molecular formula is C13H14ClNOS. The van der Waals surface area contributed by atoms with Gasteiger partial charge in [-0.15, -0.1) is 11.3 Å². The first-order valence-electron chi connectivity index (χ1n) is 5.54. The van der Waals surface area contributed by atoms with Crippen LogP contribution in [0.4, 0.5) is 0 Å². The van der Waals surface area contributed by atoms with Gasteiger partial charge in [0, 0.05) is 22.1 Å². The molecule has 0 saturated heterocycles. The molecule has 0 bridgehead atoms. The number of aliphatic hydroxyl groups is 1. The first kappa shape index (κ1) is 12.6. The van der Waals surface area contributed by atoms with Crippen molar-refractivity contribution in [1.29, 1.82) is 0 Å². The molecule has 1 heterocycles. The number of aryl methyl sites for hydroxylation is 2. The van der Waals surface area contributed by atoms with Crippen LogP contribution in [0.1, 0.15) is 17.0 Å². The molecule has 0 unspecified atom stereocenters. The monoisotopic (exact) mass is 267 g/mol. The van der Waals surface area contributed by atoms with Crippen molar-refractivity contribution in [3.8, 4) is 10.6 Å². The van der Waals surface area contributed by atoms with Gasteiger partial charge in [0.15, 0.2) is 0 Å². The molecule has 90 valence electrons. The molecule has 0 aliphatic heterocycles. The van der Waals surface area contributed by atoms with E-state index in [9.17, 15) is 0 Å². The van der Waals surface area contributed by atoms with Gasteiger partial charge < -0.3 is 5.11 Å². The lowest BCUT2D eigenvalue weighted by atomic mass is 10.2. The summed E-state index contributed by atoms with van der Waals surface area (Å²) in [7, 11) is 0. The maximum absolute atomic E-state index is 8.84. The minimum atomic E-state index is 0.230. The molecule has 0 aliphatic rings. The van der Waals surface area contributed by atoms with Crippen LogP contribution in [0.3, 0.4) is 0 Å². The zero-order valence-corrected chi connectivity index (χ0v) is 11.2. The molecule has 1 N–H and O–H groups in total. The van der Waals surface area contributed by atoms with Gasteiger partial charge in [0.05, 0.1) is 5.69 Å². The summed E-state index contributed by atoms with van der Waals surface area (Å²) in [4.78, 5) is 5.81. The van der Waals surface area contributed by atoms with Crippen LogP contribution in [-0.4, -0.2) is 16.7 Å². The van der Waals surface area contributed by atoms with E-state index in [0.717, 1.165) is 34.1 Å². The van der Waals surface area contributed by atoms with Gasteiger partial charge in [-0.2, -0.15) is 0 Å². The number of hydrogen-bond donors (Lipinski definition) is 1. The summed E-state index contributed by atoms with van der Waals surface area (Å²) in [6.45, 7) is 2.25. The number of nitrogens with zero attached hydrogens (tertiary/aromatic N) is 1. The van der Waals surface area contributed by atoms with Crippen LogP contribution >= 0.6 is 22.9 Å². The third kappa shape index (κ3) is 3.06. The number of aromatic nitrogens is 1. The second kappa shape index (κ2) is 5.63. The Morgan fingerprint density at radius 2 is 2.00 bits per heavy atom. The second-order valence-corrected chi connectivity index (χ2v) is 5.38. The zero-order valence-electron chi connectivity index (χ0n) is 9.61. The van der Waals surface area contributed by atoms with Gasteiger partial charge in [-0.3, -0.25) is 0 Å². The normalized spacial score (nSPS) is 10.8. The number of halogens is 1. The van der Waals surface area contributed by atoms with Gasteiger partial charge in [0.1, 0.15) is 5.01 Å². The average Bonchev–Trinajstić information content (AvgIpc) is 2.69. The summed E-state index contributed by atoms with van der Waals surface area (Å²) in [6, 6.07) is 7.72. The maximum atomic E-state index is 8.84. The molecule has 1 aromatic carbocycles. The second-order valence-electron chi connectivity index (χ2n) is 3.86. The number of aliphatic hydroxyl groups excluding tert-OH is 1. The smallest absolute Gasteiger partial charge is 0.123 e. The van der Waals surface area contributed by atoms with E-state index in [4.69, 9.17) is 16.7 Å². The predicted molar refractivity (Wildman–Crippen MR) is 72.7 cm³/mol. The molecule has 0 fully saturated rings. The third-order valence-corrected chi connectivity index (χ3v) is 4.06. The molecule has 0 spiro atoms. The summed E-state index contributed by atoms with van der Waals surface area (Å²) in [5.74, 6) is 0. The summed E-state index contributed by atoms with van der Waals surface area (Å²) in [5, 5.41) is 10.6. The summed E-state index contributed by atoms with van der Waals surface area (Å²) >= 11 is 7.55. The van der Waals surface area contributed by atoms with Crippen molar-refractivity contribution in [1.82, 2.24) is 4.98 Å². The van der Waals surface area contributed by atoms with Gasteiger partial charge in [-0.05, 0) is 31.9 Å². The van der Waals surface area contributed by atoms with E-state index < -0.39 is 0 Å². The summed E-state index contributed by atoms with van der Waals surface area (Å²) in [6.07, 6.45) is 1.69. The minimum absolute atomic E-state index is 0.230. The van der Waals surface area contributed by atoms with Crippen LogP contribution in [0, 0.1) is 6.92 Å². The lowest BCUT2D eigenvalue weighted by molar-refractivity contribution is 0.289. The predicted octanol–water partition coefficient (Wildman–Crippen LogP) is 3.70. The number of benzene rings is 1. The Labute approximate surface area is 110 Å². The van der Waals surface area contributed by atoms with Gasteiger partial charge in [-0.25, -0.2) is 4.98 Å². The molecule has 0 atom stereocenters. The van der Waals surface area contributed by atoms with E-state index in [1.165, 1.54) is 4.88 Å². The largest absolute Gasteiger partial charge is 0.396 e. The Morgan fingerprint density at radius 1 is 1.29 bits per heavy atom. The number of rotatable bonds is 4. The molecular weight excluding hydrogens is 254 g/mol. The van der Waals surface area contributed by atoms with E-state index in [1.54, 1.807) is 11.3 Å². The molecule has 0 saturated carbocycles. The van der Waals surface area contributed by atoms with E-state index in [0.29, 0.717) is 0 Å². The van der Waals surface area contributed by atoms with E-state index in [-0.39, 0.29) is 6.61 Å². The summed E-state index contributed by atoms with van der Waals surface area (Å²) < 4.78 is 0. The quantitative estimate of drug-likeness (QED) is 0.916. The Balaban J connectivity index is 2.24. The van der Waals surface area contributed by atoms with Crippen LogP contribution < -0.4 is 0 Å². The Kier molecular flexibility index (Phi) is 4.15. The Hall–Kier alpha value is -0.900. The van der Waals surface area contributed by atoms with Crippen molar-refractivity contribution in [2.75, 3.05) is 6.61 Å². The van der Waals surface area contributed by atoms with Crippen molar-refractivity contribution in [2.45, 2.75) is 19.8 Å². The highest BCUT2D eigenvalue weighted by Gasteiger charge is 2.08. The van der Waals surface area contributed by atoms with Crippen LogP contribution in [0.5, 0.6) is 0 Å². The van der Waals surface area contributed by atoms with E-state index >= 15 is 0 Å². The van der Waals surface area contributed by atoms with Gasteiger partial charge in [-0.1, -0.05) is 23.7 Å². The highest BCUT2D eigenvalue weighted by molar-refractivity contribution is 7.15. The molecule has 0 radical (unpaired) electrons. The first-order chi connectivity index (χ1) is 8.20. The molecule has 2 aromatic rings. The van der Waals surface area contributed by atoms with Crippen molar-refractivity contribution in [3.63, 3.8) is 0 Å². The van der Waals surface area contributed by atoms with Gasteiger partial charge in [0.2, 0.25) is 0 Å². The lowest BCUT2D eigenvalue weighted by Gasteiger charge is -1.95. The molecule has 4 heteroatoms. The maximum Gasteiger partial charge on any atom is 0.123 e. The van der Waals surface area contributed by atoms with Crippen LogP contribution in [0.15, 0.2) is 24.3 Å². The number of hydrogen-bond acceptors (Lipinski definition) is 3. The van der Waals surface area contributed by atoms with E-state index in [2.05, 4.69) is 4.98 Å².